The lowest BCUT2D eigenvalue weighted by Crippen LogP contribution is -1.89. The van der Waals surface area contributed by atoms with Gasteiger partial charge in [0.25, 0.3) is 0 Å². The Morgan fingerprint density at radius 1 is 1.00 bits per heavy atom. The normalized spacial score (nSPS) is 11.4. The number of methoxy groups -OCH3 is 2. The highest BCUT2D eigenvalue weighted by molar-refractivity contribution is 7.26. The maximum atomic E-state index is 6.39. The van der Waals surface area contributed by atoms with Gasteiger partial charge in [0.15, 0.2) is 11.5 Å². The molecule has 22 heavy (non-hydrogen) atoms. The van der Waals surface area contributed by atoms with E-state index in [1.165, 1.54) is 0 Å². The van der Waals surface area contributed by atoms with Crippen LogP contribution < -0.4 is 9.47 Å². The SMILES string of the molecule is COc1cc2sc3c(Cl)nc4ccccc4c3c2cc1OC. The molecule has 0 unspecified atom stereocenters. The first-order chi connectivity index (χ1) is 10.7. The number of hydrogen-bond donors (Lipinski definition) is 0. The summed E-state index contributed by atoms with van der Waals surface area (Å²) in [6.45, 7) is 0. The minimum absolute atomic E-state index is 0.535. The number of benzene rings is 2. The monoisotopic (exact) mass is 329 g/mol. The summed E-state index contributed by atoms with van der Waals surface area (Å²) in [7, 11) is 3.28. The second kappa shape index (κ2) is 5.00. The molecule has 0 aliphatic carbocycles. The highest BCUT2D eigenvalue weighted by atomic mass is 35.5. The van der Waals surface area contributed by atoms with E-state index in [0.29, 0.717) is 10.9 Å². The van der Waals surface area contributed by atoms with E-state index in [9.17, 15) is 0 Å². The van der Waals surface area contributed by atoms with Crippen molar-refractivity contribution in [1.82, 2.24) is 4.98 Å². The number of nitrogens with zero attached hydrogens (tertiary/aromatic N) is 1. The molecule has 0 aliphatic heterocycles. The fraction of sp³-hybridized carbons (Fsp3) is 0.118. The second-order valence-corrected chi connectivity index (χ2v) is 6.34. The number of pyridine rings is 1. The number of para-hydroxylation sites is 1. The maximum absolute atomic E-state index is 6.39. The van der Waals surface area contributed by atoms with Crippen molar-refractivity contribution in [3.8, 4) is 11.5 Å². The summed E-state index contributed by atoms with van der Waals surface area (Å²) in [6, 6.07) is 12.0. The zero-order chi connectivity index (χ0) is 15.3. The van der Waals surface area contributed by atoms with Gasteiger partial charge in [0.1, 0.15) is 5.15 Å². The van der Waals surface area contributed by atoms with Crippen LogP contribution in [0.3, 0.4) is 0 Å². The summed E-state index contributed by atoms with van der Waals surface area (Å²) in [5.74, 6) is 1.43. The highest BCUT2D eigenvalue weighted by Crippen LogP contribution is 2.44. The van der Waals surface area contributed by atoms with E-state index >= 15 is 0 Å². The Hall–Kier alpha value is -2.04. The van der Waals surface area contributed by atoms with Crippen molar-refractivity contribution in [1.29, 1.82) is 0 Å². The van der Waals surface area contributed by atoms with Gasteiger partial charge in [0.2, 0.25) is 0 Å². The molecule has 0 spiro atoms. The summed E-state index contributed by atoms with van der Waals surface area (Å²) in [6.07, 6.45) is 0. The molecule has 0 saturated heterocycles. The average molecular weight is 330 g/mol. The Labute approximate surface area is 136 Å². The van der Waals surface area contributed by atoms with Crippen molar-refractivity contribution in [3.05, 3.63) is 41.6 Å². The lowest BCUT2D eigenvalue weighted by Gasteiger charge is -2.07. The molecule has 4 rings (SSSR count). The Kier molecular flexibility index (Phi) is 3.10. The summed E-state index contributed by atoms with van der Waals surface area (Å²) in [5.41, 5.74) is 0.898. The predicted octanol–water partition coefficient (Wildman–Crippen LogP) is 5.27. The molecule has 5 heteroatoms. The Balaban J connectivity index is 2.25. The van der Waals surface area contributed by atoms with Gasteiger partial charge in [0, 0.05) is 26.9 Å². The van der Waals surface area contributed by atoms with Crippen molar-refractivity contribution in [2.75, 3.05) is 14.2 Å². The molecule has 3 nitrogen and oxygen atoms in total. The van der Waals surface area contributed by atoms with Crippen molar-refractivity contribution in [2.24, 2.45) is 0 Å². The molecule has 0 radical (unpaired) electrons. The number of fused-ring (bicyclic) bond motifs is 5. The predicted molar refractivity (Wildman–Crippen MR) is 92.7 cm³/mol. The molecule has 0 amide bonds. The lowest BCUT2D eigenvalue weighted by molar-refractivity contribution is 0.356. The quantitative estimate of drug-likeness (QED) is 0.469. The molecular weight excluding hydrogens is 318 g/mol. The molecule has 2 aromatic heterocycles. The smallest absolute Gasteiger partial charge is 0.162 e. The molecule has 0 atom stereocenters. The van der Waals surface area contributed by atoms with Gasteiger partial charge >= 0.3 is 0 Å². The number of halogens is 1. The van der Waals surface area contributed by atoms with E-state index in [0.717, 1.165) is 36.8 Å². The average Bonchev–Trinajstić information content (AvgIpc) is 2.93. The van der Waals surface area contributed by atoms with Crippen LogP contribution in [0.15, 0.2) is 36.4 Å². The summed E-state index contributed by atoms with van der Waals surface area (Å²) >= 11 is 8.01. The van der Waals surface area contributed by atoms with E-state index in [4.69, 9.17) is 21.1 Å². The van der Waals surface area contributed by atoms with E-state index < -0.39 is 0 Å². The van der Waals surface area contributed by atoms with Gasteiger partial charge in [-0.15, -0.1) is 11.3 Å². The third kappa shape index (κ3) is 1.84. The van der Waals surface area contributed by atoms with Crippen LogP contribution in [0.2, 0.25) is 5.15 Å². The molecule has 110 valence electrons. The fourth-order valence-corrected chi connectivity index (χ4v) is 4.19. The van der Waals surface area contributed by atoms with Gasteiger partial charge in [-0.25, -0.2) is 4.98 Å². The molecule has 2 aromatic carbocycles. The number of hydrogen-bond acceptors (Lipinski definition) is 4. The van der Waals surface area contributed by atoms with Gasteiger partial charge < -0.3 is 9.47 Å². The minimum Gasteiger partial charge on any atom is -0.493 e. The largest absolute Gasteiger partial charge is 0.493 e. The standard InChI is InChI=1S/C17H12ClNO2S/c1-20-12-7-10-14(8-13(12)21-2)22-16-15(10)9-5-3-4-6-11(9)19-17(16)18/h3-8H,1-2H3. The van der Waals surface area contributed by atoms with Gasteiger partial charge in [0.05, 0.1) is 24.4 Å². The van der Waals surface area contributed by atoms with E-state index in [1.54, 1.807) is 25.6 Å². The first kappa shape index (κ1) is 13.6. The zero-order valence-electron chi connectivity index (χ0n) is 12.0. The molecule has 0 N–H and O–H groups in total. The van der Waals surface area contributed by atoms with Crippen molar-refractivity contribution in [2.45, 2.75) is 0 Å². The molecular formula is C17H12ClNO2S. The van der Waals surface area contributed by atoms with Crippen LogP contribution in [-0.2, 0) is 0 Å². The van der Waals surface area contributed by atoms with Gasteiger partial charge in [-0.2, -0.15) is 0 Å². The second-order valence-electron chi connectivity index (χ2n) is 4.93. The highest BCUT2D eigenvalue weighted by Gasteiger charge is 2.16. The molecule has 4 aromatic rings. The fourth-order valence-electron chi connectivity index (χ4n) is 2.78. The number of ether oxygens (including phenoxy) is 2. The van der Waals surface area contributed by atoms with Crippen LogP contribution in [0.1, 0.15) is 0 Å². The first-order valence-electron chi connectivity index (χ1n) is 6.75. The number of thiophene rings is 1. The van der Waals surface area contributed by atoms with Gasteiger partial charge in [-0.3, -0.25) is 0 Å². The molecule has 0 bridgehead atoms. The third-order valence-electron chi connectivity index (χ3n) is 3.77. The molecule has 0 fully saturated rings. The number of aromatic nitrogens is 1. The zero-order valence-corrected chi connectivity index (χ0v) is 13.6. The van der Waals surface area contributed by atoms with Crippen molar-refractivity contribution < 1.29 is 9.47 Å². The van der Waals surface area contributed by atoms with Crippen LogP contribution in [0.25, 0.3) is 31.1 Å². The van der Waals surface area contributed by atoms with Crippen LogP contribution in [0, 0.1) is 0 Å². The Morgan fingerprint density at radius 2 is 1.73 bits per heavy atom. The van der Waals surface area contributed by atoms with Crippen LogP contribution >= 0.6 is 22.9 Å². The first-order valence-corrected chi connectivity index (χ1v) is 7.95. The molecule has 0 saturated carbocycles. The van der Waals surface area contributed by atoms with E-state index in [-0.39, 0.29) is 0 Å². The summed E-state index contributed by atoms with van der Waals surface area (Å²) in [4.78, 5) is 4.50. The van der Waals surface area contributed by atoms with Crippen LogP contribution in [0.4, 0.5) is 0 Å². The summed E-state index contributed by atoms with van der Waals surface area (Å²) in [5, 5.41) is 3.86. The summed E-state index contributed by atoms with van der Waals surface area (Å²) < 4.78 is 12.9. The topological polar surface area (TPSA) is 31.4 Å². The van der Waals surface area contributed by atoms with Crippen molar-refractivity contribution in [3.63, 3.8) is 0 Å². The Bertz CT molecular complexity index is 1030. The Morgan fingerprint density at radius 3 is 2.50 bits per heavy atom. The maximum Gasteiger partial charge on any atom is 0.162 e. The number of rotatable bonds is 2. The molecule has 2 heterocycles. The molecule has 0 aliphatic rings. The lowest BCUT2D eigenvalue weighted by atomic mass is 10.1. The minimum atomic E-state index is 0.535. The van der Waals surface area contributed by atoms with E-state index in [1.807, 2.05) is 30.3 Å². The third-order valence-corrected chi connectivity index (χ3v) is 5.32. The van der Waals surface area contributed by atoms with Crippen molar-refractivity contribution >= 4 is 54.0 Å². The van der Waals surface area contributed by atoms with Crippen LogP contribution in [-0.4, -0.2) is 19.2 Å². The van der Waals surface area contributed by atoms with Crippen LogP contribution in [0.5, 0.6) is 11.5 Å². The van der Waals surface area contributed by atoms with Gasteiger partial charge in [-0.05, 0) is 12.1 Å². The van der Waals surface area contributed by atoms with Gasteiger partial charge in [-0.1, -0.05) is 29.8 Å². The van der Waals surface area contributed by atoms with E-state index in [2.05, 4.69) is 11.1 Å².